The third kappa shape index (κ3) is 4.65. The minimum absolute atomic E-state index is 0.334. The summed E-state index contributed by atoms with van der Waals surface area (Å²) in [5.74, 6) is 0.650. The van der Waals surface area contributed by atoms with Crippen LogP contribution in [-0.4, -0.2) is 55.8 Å². The summed E-state index contributed by atoms with van der Waals surface area (Å²) in [6, 6.07) is 0.334. The summed E-state index contributed by atoms with van der Waals surface area (Å²) in [7, 11) is -3.28. The van der Waals surface area contributed by atoms with Gasteiger partial charge in [-0.15, -0.1) is 0 Å². The standard InChI is InChI=1S/C15H31N3O2S/c1-3-4-10-18(13-15-6-5-9-16-15)21(19,20)17-11-7-14(2)8-12-17/h14-16H,3-13H2,1-2H3. The monoisotopic (exact) mass is 317 g/mol. The SMILES string of the molecule is CCCCN(CC1CCCN1)S(=O)(=O)N1CCC(C)CC1. The first-order chi connectivity index (χ1) is 10.0. The smallest absolute Gasteiger partial charge is 0.282 e. The Hall–Kier alpha value is -0.170. The van der Waals surface area contributed by atoms with E-state index in [-0.39, 0.29) is 0 Å². The molecule has 2 aliphatic rings. The number of nitrogens with zero attached hydrogens (tertiary/aromatic N) is 2. The molecule has 2 heterocycles. The van der Waals surface area contributed by atoms with Crippen LogP contribution in [0.25, 0.3) is 0 Å². The molecule has 124 valence electrons. The molecule has 1 N–H and O–H groups in total. The van der Waals surface area contributed by atoms with Crippen LogP contribution in [0.4, 0.5) is 0 Å². The molecule has 0 radical (unpaired) electrons. The Balaban J connectivity index is 2.01. The molecule has 2 aliphatic heterocycles. The van der Waals surface area contributed by atoms with Gasteiger partial charge in [0.05, 0.1) is 0 Å². The zero-order chi connectivity index (χ0) is 15.3. The Bertz CT molecular complexity index is 399. The van der Waals surface area contributed by atoms with Crippen LogP contribution in [0.5, 0.6) is 0 Å². The highest BCUT2D eigenvalue weighted by Crippen LogP contribution is 2.22. The van der Waals surface area contributed by atoms with Crippen LogP contribution < -0.4 is 5.32 Å². The minimum Gasteiger partial charge on any atom is -0.313 e. The first kappa shape index (κ1) is 17.2. The van der Waals surface area contributed by atoms with Gasteiger partial charge < -0.3 is 5.32 Å². The predicted molar refractivity (Wildman–Crippen MR) is 86.4 cm³/mol. The van der Waals surface area contributed by atoms with Gasteiger partial charge in [0.2, 0.25) is 0 Å². The lowest BCUT2D eigenvalue weighted by atomic mass is 10.0. The van der Waals surface area contributed by atoms with Crippen molar-refractivity contribution in [3.8, 4) is 0 Å². The Labute approximate surface area is 130 Å². The maximum Gasteiger partial charge on any atom is 0.282 e. The van der Waals surface area contributed by atoms with Gasteiger partial charge in [-0.3, -0.25) is 0 Å². The van der Waals surface area contributed by atoms with Crippen molar-refractivity contribution in [1.29, 1.82) is 0 Å². The topological polar surface area (TPSA) is 52.7 Å². The maximum absolute atomic E-state index is 12.9. The average molecular weight is 317 g/mol. The summed E-state index contributed by atoms with van der Waals surface area (Å²) in [4.78, 5) is 0. The zero-order valence-corrected chi connectivity index (χ0v) is 14.4. The van der Waals surface area contributed by atoms with E-state index >= 15 is 0 Å². The third-order valence-corrected chi connectivity index (χ3v) is 6.74. The molecule has 0 amide bonds. The van der Waals surface area contributed by atoms with Crippen molar-refractivity contribution in [2.45, 2.75) is 58.4 Å². The van der Waals surface area contributed by atoms with Crippen molar-refractivity contribution in [2.75, 3.05) is 32.7 Å². The molecule has 2 rings (SSSR count). The third-order valence-electron chi connectivity index (χ3n) is 4.74. The van der Waals surface area contributed by atoms with Gasteiger partial charge in [0, 0.05) is 32.2 Å². The highest BCUT2D eigenvalue weighted by atomic mass is 32.2. The molecule has 0 saturated carbocycles. The van der Waals surface area contributed by atoms with E-state index in [0.717, 1.165) is 45.1 Å². The van der Waals surface area contributed by atoms with E-state index in [1.807, 2.05) is 0 Å². The van der Waals surface area contributed by atoms with Crippen molar-refractivity contribution < 1.29 is 8.42 Å². The normalized spacial score (nSPS) is 25.8. The van der Waals surface area contributed by atoms with E-state index in [0.29, 0.717) is 38.1 Å². The minimum atomic E-state index is -3.28. The quantitative estimate of drug-likeness (QED) is 0.779. The molecule has 0 aromatic heterocycles. The second kappa shape index (κ2) is 7.90. The lowest BCUT2D eigenvalue weighted by Crippen LogP contribution is -2.50. The van der Waals surface area contributed by atoms with Gasteiger partial charge in [0.15, 0.2) is 0 Å². The number of hydrogen-bond donors (Lipinski definition) is 1. The summed E-state index contributed by atoms with van der Waals surface area (Å²) in [5.41, 5.74) is 0. The second-order valence-corrected chi connectivity index (χ2v) is 8.52. The molecule has 5 nitrogen and oxygen atoms in total. The van der Waals surface area contributed by atoms with Crippen LogP contribution in [-0.2, 0) is 10.2 Å². The summed E-state index contributed by atoms with van der Waals surface area (Å²) in [6.07, 6.45) is 6.20. The van der Waals surface area contributed by atoms with Crippen molar-refractivity contribution >= 4 is 10.2 Å². The number of nitrogens with one attached hydrogen (secondary N) is 1. The van der Waals surface area contributed by atoms with Crippen LogP contribution >= 0.6 is 0 Å². The summed E-state index contributed by atoms with van der Waals surface area (Å²) < 4.78 is 29.3. The maximum atomic E-state index is 12.9. The van der Waals surface area contributed by atoms with Crippen LogP contribution in [0, 0.1) is 5.92 Å². The molecule has 2 fully saturated rings. The van der Waals surface area contributed by atoms with E-state index in [2.05, 4.69) is 19.2 Å². The molecule has 0 aromatic rings. The number of rotatable bonds is 7. The van der Waals surface area contributed by atoms with E-state index in [4.69, 9.17) is 0 Å². The predicted octanol–water partition coefficient (Wildman–Crippen LogP) is 1.82. The first-order valence-corrected chi connectivity index (χ1v) is 9.92. The summed E-state index contributed by atoms with van der Waals surface area (Å²) in [5, 5.41) is 3.42. The number of piperidine rings is 1. The van der Waals surface area contributed by atoms with Crippen LogP contribution in [0.3, 0.4) is 0 Å². The van der Waals surface area contributed by atoms with Gasteiger partial charge in [0.25, 0.3) is 10.2 Å². The van der Waals surface area contributed by atoms with Gasteiger partial charge in [-0.2, -0.15) is 17.0 Å². The highest BCUT2D eigenvalue weighted by molar-refractivity contribution is 7.86. The van der Waals surface area contributed by atoms with E-state index in [1.165, 1.54) is 0 Å². The van der Waals surface area contributed by atoms with Crippen LogP contribution in [0.1, 0.15) is 52.4 Å². The zero-order valence-electron chi connectivity index (χ0n) is 13.6. The van der Waals surface area contributed by atoms with Crippen molar-refractivity contribution in [2.24, 2.45) is 5.92 Å². The van der Waals surface area contributed by atoms with E-state index in [1.54, 1.807) is 8.61 Å². The van der Waals surface area contributed by atoms with Gasteiger partial charge in [-0.1, -0.05) is 20.3 Å². The van der Waals surface area contributed by atoms with Crippen LogP contribution in [0.2, 0.25) is 0 Å². The molecule has 0 aliphatic carbocycles. The fourth-order valence-electron chi connectivity index (χ4n) is 3.17. The average Bonchev–Trinajstić information content (AvgIpc) is 2.96. The van der Waals surface area contributed by atoms with E-state index < -0.39 is 10.2 Å². The molecule has 21 heavy (non-hydrogen) atoms. The number of hydrogen-bond acceptors (Lipinski definition) is 3. The lowest BCUT2D eigenvalue weighted by molar-refractivity contribution is 0.257. The van der Waals surface area contributed by atoms with Gasteiger partial charge >= 0.3 is 0 Å². The Kier molecular flexibility index (Phi) is 6.47. The summed E-state index contributed by atoms with van der Waals surface area (Å²) >= 11 is 0. The van der Waals surface area contributed by atoms with Crippen molar-refractivity contribution in [1.82, 2.24) is 13.9 Å². The second-order valence-electron chi connectivity index (χ2n) is 6.59. The largest absolute Gasteiger partial charge is 0.313 e. The van der Waals surface area contributed by atoms with E-state index in [9.17, 15) is 8.42 Å². The van der Waals surface area contributed by atoms with Gasteiger partial charge in [-0.25, -0.2) is 0 Å². The Morgan fingerprint density at radius 3 is 2.52 bits per heavy atom. The Morgan fingerprint density at radius 2 is 1.95 bits per heavy atom. The lowest BCUT2D eigenvalue weighted by Gasteiger charge is -2.35. The van der Waals surface area contributed by atoms with Crippen LogP contribution in [0.15, 0.2) is 0 Å². The fraction of sp³-hybridized carbons (Fsp3) is 1.00. The van der Waals surface area contributed by atoms with Crippen molar-refractivity contribution in [3.63, 3.8) is 0 Å². The molecule has 2 saturated heterocycles. The molecule has 1 atom stereocenters. The molecule has 0 spiro atoms. The molecule has 1 unspecified atom stereocenters. The molecular formula is C15H31N3O2S. The highest BCUT2D eigenvalue weighted by Gasteiger charge is 2.33. The first-order valence-electron chi connectivity index (χ1n) is 8.52. The van der Waals surface area contributed by atoms with Crippen molar-refractivity contribution in [3.05, 3.63) is 0 Å². The fourth-order valence-corrected chi connectivity index (χ4v) is 4.90. The van der Waals surface area contributed by atoms with Gasteiger partial charge in [0.1, 0.15) is 0 Å². The Morgan fingerprint density at radius 1 is 1.24 bits per heavy atom. The molecule has 6 heteroatoms. The number of unbranched alkanes of at least 4 members (excludes halogenated alkanes) is 1. The molecule has 0 aromatic carbocycles. The molecule has 0 bridgehead atoms. The molecular weight excluding hydrogens is 286 g/mol. The summed E-state index contributed by atoms with van der Waals surface area (Å²) in [6.45, 7) is 8.00. The van der Waals surface area contributed by atoms with Gasteiger partial charge in [-0.05, 0) is 44.6 Å².